The van der Waals surface area contributed by atoms with Gasteiger partial charge in [0.1, 0.15) is 0 Å². The summed E-state index contributed by atoms with van der Waals surface area (Å²) in [6.45, 7) is 7.60. The highest BCUT2D eigenvalue weighted by Crippen LogP contribution is 2.14. The number of carbonyl (C=O) groups excluding carboxylic acids is 1. The maximum atomic E-state index is 11.6. The largest absolute Gasteiger partial charge is 0.383 e. The van der Waals surface area contributed by atoms with Crippen molar-refractivity contribution in [1.82, 2.24) is 4.90 Å². The number of piperidine rings is 1. The molecule has 1 fully saturated rings. The van der Waals surface area contributed by atoms with Crippen LogP contribution in [0.25, 0.3) is 0 Å². The Bertz CT molecular complexity index is 421. The summed E-state index contributed by atoms with van der Waals surface area (Å²) in [5.41, 5.74) is 1.91. The van der Waals surface area contributed by atoms with Gasteiger partial charge >= 0.3 is 0 Å². The molecule has 0 aromatic heterocycles. The van der Waals surface area contributed by atoms with Crippen LogP contribution in [0.15, 0.2) is 24.3 Å². The molecule has 0 amide bonds. The molecule has 1 atom stereocenters. The second-order valence-electron chi connectivity index (χ2n) is 5.68. The molecule has 3 heteroatoms. The Morgan fingerprint density at radius 1 is 1.20 bits per heavy atom. The number of nitrogens with one attached hydrogen (secondary N) is 1. The predicted octanol–water partition coefficient (Wildman–Crippen LogP) is 3.57. The third-order valence-electron chi connectivity index (χ3n) is 4.14. The minimum atomic E-state index is 0.207. The lowest BCUT2D eigenvalue weighted by atomic mass is 10.1. The number of benzene rings is 1. The molecule has 1 saturated heterocycles. The fourth-order valence-electron chi connectivity index (χ4n) is 2.73. The van der Waals surface area contributed by atoms with Crippen LogP contribution in [0, 0.1) is 0 Å². The van der Waals surface area contributed by atoms with Gasteiger partial charge in [-0.1, -0.05) is 13.3 Å². The Kier molecular flexibility index (Phi) is 5.60. The molecule has 20 heavy (non-hydrogen) atoms. The zero-order valence-corrected chi connectivity index (χ0v) is 12.7. The van der Waals surface area contributed by atoms with Crippen molar-refractivity contribution in [3.8, 4) is 0 Å². The van der Waals surface area contributed by atoms with Crippen molar-refractivity contribution in [1.29, 1.82) is 0 Å². The van der Waals surface area contributed by atoms with E-state index in [2.05, 4.69) is 17.1 Å². The van der Waals surface area contributed by atoms with Crippen molar-refractivity contribution in [3.63, 3.8) is 0 Å². The van der Waals surface area contributed by atoms with Crippen LogP contribution in [0.4, 0.5) is 5.69 Å². The quantitative estimate of drug-likeness (QED) is 0.805. The van der Waals surface area contributed by atoms with Crippen LogP contribution < -0.4 is 5.32 Å². The summed E-state index contributed by atoms with van der Waals surface area (Å²) in [6.07, 6.45) is 4.61. The summed E-state index contributed by atoms with van der Waals surface area (Å²) < 4.78 is 0. The number of likely N-dealkylation sites (tertiary alicyclic amines) is 1. The monoisotopic (exact) mass is 274 g/mol. The highest BCUT2D eigenvalue weighted by molar-refractivity contribution is 5.96. The van der Waals surface area contributed by atoms with Gasteiger partial charge in [0, 0.05) is 30.3 Å². The van der Waals surface area contributed by atoms with Gasteiger partial charge in [0.15, 0.2) is 5.78 Å². The predicted molar refractivity (Wildman–Crippen MR) is 84.4 cm³/mol. The molecule has 3 nitrogen and oxygen atoms in total. The maximum absolute atomic E-state index is 11.6. The summed E-state index contributed by atoms with van der Waals surface area (Å²) in [7, 11) is 0. The topological polar surface area (TPSA) is 32.3 Å². The molecule has 1 aliphatic rings. The maximum Gasteiger partial charge on any atom is 0.162 e. The van der Waals surface area contributed by atoms with Crippen molar-refractivity contribution in [2.75, 3.05) is 25.0 Å². The molecule has 2 rings (SSSR count). The molecule has 1 unspecified atom stereocenters. The van der Waals surface area contributed by atoms with Crippen molar-refractivity contribution in [3.05, 3.63) is 29.8 Å². The minimum absolute atomic E-state index is 0.207. The number of ketones is 1. The molecular weight excluding hydrogens is 248 g/mol. The zero-order chi connectivity index (χ0) is 14.4. The zero-order valence-electron chi connectivity index (χ0n) is 12.7. The van der Waals surface area contributed by atoms with Gasteiger partial charge in [-0.05, 0) is 57.1 Å². The van der Waals surface area contributed by atoms with Crippen LogP contribution in [0.3, 0.4) is 0 Å². The van der Waals surface area contributed by atoms with E-state index in [1.54, 1.807) is 0 Å². The average molecular weight is 274 g/mol. The SMILES string of the molecule is CCC(=O)c1ccc(NCC(C)N2CCCCC2)cc1. The van der Waals surface area contributed by atoms with E-state index in [4.69, 9.17) is 0 Å². The third kappa shape index (κ3) is 4.07. The summed E-state index contributed by atoms with van der Waals surface area (Å²) in [4.78, 5) is 14.1. The Morgan fingerprint density at radius 2 is 1.85 bits per heavy atom. The number of carbonyl (C=O) groups is 1. The lowest BCUT2D eigenvalue weighted by molar-refractivity contribution is 0.0988. The molecule has 1 heterocycles. The van der Waals surface area contributed by atoms with Gasteiger partial charge in [-0.25, -0.2) is 0 Å². The molecule has 0 radical (unpaired) electrons. The van der Waals surface area contributed by atoms with Crippen molar-refractivity contribution < 1.29 is 4.79 Å². The molecule has 0 spiro atoms. The van der Waals surface area contributed by atoms with Crippen molar-refractivity contribution >= 4 is 11.5 Å². The highest BCUT2D eigenvalue weighted by Gasteiger charge is 2.16. The fraction of sp³-hybridized carbons (Fsp3) is 0.588. The van der Waals surface area contributed by atoms with E-state index >= 15 is 0 Å². The Labute approximate surface area is 122 Å². The van der Waals surface area contributed by atoms with E-state index < -0.39 is 0 Å². The van der Waals surface area contributed by atoms with E-state index in [0.29, 0.717) is 12.5 Å². The van der Waals surface area contributed by atoms with Gasteiger partial charge < -0.3 is 5.32 Å². The molecule has 1 aliphatic heterocycles. The number of nitrogens with zero attached hydrogens (tertiary/aromatic N) is 1. The van der Waals surface area contributed by atoms with Crippen LogP contribution in [0.1, 0.15) is 49.9 Å². The van der Waals surface area contributed by atoms with Gasteiger partial charge in [-0.3, -0.25) is 9.69 Å². The Balaban J connectivity index is 1.82. The molecule has 0 bridgehead atoms. The highest BCUT2D eigenvalue weighted by atomic mass is 16.1. The summed E-state index contributed by atoms with van der Waals surface area (Å²) >= 11 is 0. The van der Waals surface area contributed by atoms with E-state index in [9.17, 15) is 4.79 Å². The number of Topliss-reactive ketones (excluding diaryl/α,β-unsaturated/α-hetero) is 1. The van der Waals surface area contributed by atoms with Crippen LogP contribution in [-0.2, 0) is 0 Å². The van der Waals surface area contributed by atoms with E-state index in [1.165, 1.54) is 32.4 Å². The standard InChI is InChI=1S/C17H26N2O/c1-3-17(20)15-7-9-16(10-8-15)18-13-14(2)19-11-5-4-6-12-19/h7-10,14,18H,3-6,11-13H2,1-2H3. The van der Waals surface area contributed by atoms with Crippen LogP contribution in [0.2, 0.25) is 0 Å². The number of hydrogen-bond acceptors (Lipinski definition) is 3. The summed E-state index contributed by atoms with van der Waals surface area (Å²) in [5.74, 6) is 0.207. The Hall–Kier alpha value is -1.35. The molecule has 0 aliphatic carbocycles. The lowest BCUT2D eigenvalue weighted by Crippen LogP contribution is -2.41. The first-order chi connectivity index (χ1) is 9.70. The molecule has 1 N–H and O–H groups in total. The van der Waals surface area contributed by atoms with Gasteiger partial charge in [0.25, 0.3) is 0 Å². The van der Waals surface area contributed by atoms with Gasteiger partial charge in [0.05, 0.1) is 0 Å². The minimum Gasteiger partial charge on any atom is -0.383 e. The molecule has 0 saturated carbocycles. The van der Waals surface area contributed by atoms with Gasteiger partial charge in [-0.15, -0.1) is 0 Å². The number of anilines is 1. The van der Waals surface area contributed by atoms with Crippen LogP contribution in [-0.4, -0.2) is 36.4 Å². The first-order valence-electron chi connectivity index (χ1n) is 7.82. The normalized spacial score (nSPS) is 17.7. The molecular formula is C17H26N2O. The van der Waals surface area contributed by atoms with Crippen LogP contribution in [0.5, 0.6) is 0 Å². The van der Waals surface area contributed by atoms with Crippen molar-refractivity contribution in [2.24, 2.45) is 0 Å². The van der Waals surface area contributed by atoms with Crippen molar-refractivity contribution in [2.45, 2.75) is 45.6 Å². The molecule has 110 valence electrons. The second kappa shape index (κ2) is 7.44. The summed E-state index contributed by atoms with van der Waals surface area (Å²) in [5, 5.41) is 3.47. The van der Waals surface area contributed by atoms with Gasteiger partial charge in [0.2, 0.25) is 0 Å². The third-order valence-corrected chi connectivity index (χ3v) is 4.14. The molecule has 1 aromatic carbocycles. The van der Waals surface area contributed by atoms with E-state index in [-0.39, 0.29) is 5.78 Å². The molecule has 1 aromatic rings. The average Bonchev–Trinajstić information content (AvgIpc) is 2.53. The summed E-state index contributed by atoms with van der Waals surface area (Å²) in [6, 6.07) is 8.41. The Morgan fingerprint density at radius 3 is 2.45 bits per heavy atom. The second-order valence-corrected chi connectivity index (χ2v) is 5.68. The van der Waals surface area contributed by atoms with E-state index in [0.717, 1.165) is 17.8 Å². The smallest absolute Gasteiger partial charge is 0.162 e. The van der Waals surface area contributed by atoms with E-state index in [1.807, 2.05) is 31.2 Å². The van der Waals surface area contributed by atoms with Crippen LogP contribution >= 0.6 is 0 Å². The number of hydrogen-bond donors (Lipinski definition) is 1. The van der Waals surface area contributed by atoms with Gasteiger partial charge in [-0.2, -0.15) is 0 Å². The lowest BCUT2D eigenvalue weighted by Gasteiger charge is -2.32. The fourth-order valence-corrected chi connectivity index (χ4v) is 2.73. The first-order valence-corrected chi connectivity index (χ1v) is 7.82. The number of rotatable bonds is 6. The first kappa shape index (κ1) is 15.0.